The molecule has 0 bridgehead atoms. The molecule has 0 spiro atoms. The molecule has 128 valence electrons. The standard InChI is InChI=1S/C20H25FN2O/c1-14(2)18-6-4-5-15(3)20(18)23-13-19(24)22-12-11-16-7-9-17(21)10-8-16/h4-10,14,23H,11-13H2,1-3H3,(H,22,24). The van der Waals surface area contributed by atoms with Crippen LogP contribution in [0.4, 0.5) is 10.1 Å². The molecule has 0 saturated heterocycles. The van der Waals surface area contributed by atoms with Crippen LogP contribution in [0.15, 0.2) is 42.5 Å². The highest BCUT2D eigenvalue weighted by Crippen LogP contribution is 2.27. The summed E-state index contributed by atoms with van der Waals surface area (Å²) in [5.74, 6) is 0.107. The minimum atomic E-state index is -0.244. The lowest BCUT2D eigenvalue weighted by molar-refractivity contribution is -0.119. The third kappa shape index (κ3) is 5.08. The van der Waals surface area contributed by atoms with Crippen LogP contribution in [0.5, 0.6) is 0 Å². The minimum Gasteiger partial charge on any atom is -0.376 e. The van der Waals surface area contributed by atoms with Crippen molar-refractivity contribution in [1.82, 2.24) is 5.32 Å². The van der Waals surface area contributed by atoms with Crippen LogP contribution in [-0.2, 0) is 11.2 Å². The van der Waals surface area contributed by atoms with E-state index in [1.54, 1.807) is 12.1 Å². The average molecular weight is 328 g/mol. The van der Waals surface area contributed by atoms with Gasteiger partial charge in [-0.2, -0.15) is 0 Å². The van der Waals surface area contributed by atoms with Crippen molar-refractivity contribution in [1.29, 1.82) is 0 Å². The summed E-state index contributed by atoms with van der Waals surface area (Å²) in [5, 5.41) is 6.15. The van der Waals surface area contributed by atoms with Gasteiger partial charge >= 0.3 is 0 Å². The number of rotatable bonds is 7. The van der Waals surface area contributed by atoms with Crippen LogP contribution >= 0.6 is 0 Å². The highest BCUT2D eigenvalue weighted by molar-refractivity contribution is 5.81. The fourth-order valence-electron chi connectivity index (χ4n) is 2.64. The fourth-order valence-corrected chi connectivity index (χ4v) is 2.64. The van der Waals surface area contributed by atoms with Crippen LogP contribution in [0.2, 0.25) is 0 Å². The number of amides is 1. The predicted molar refractivity (Wildman–Crippen MR) is 96.9 cm³/mol. The predicted octanol–water partition coefficient (Wildman–Crippen LogP) is 4.03. The van der Waals surface area contributed by atoms with Gasteiger partial charge in [-0.05, 0) is 48.1 Å². The number of anilines is 1. The monoisotopic (exact) mass is 328 g/mol. The zero-order valence-corrected chi connectivity index (χ0v) is 14.5. The molecular weight excluding hydrogens is 303 g/mol. The molecule has 0 atom stereocenters. The molecule has 0 aliphatic rings. The topological polar surface area (TPSA) is 41.1 Å². The summed E-state index contributed by atoms with van der Waals surface area (Å²) in [4.78, 5) is 12.0. The molecule has 0 fully saturated rings. The molecule has 2 rings (SSSR count). The minimum absolute atomic E-state index is 0.0462. The second-order valence-corrected chi connectivity index (χ2v) is 6.27. The van der Waals surface area contributed by atoms with Crippen LogP contribution in [-0.4, -0.2) is 19.0 Å². The molecule has 0 aliphatic carbocycles. The number of para-hydroxylation sites is 1. The quantitative estimate of drug-likeness (QED) is 0.806. The molecule has 1 amide bonds. The zero-order chi connectivity index (χ0) is 17.5. The van der Waals surface area contributed by atoms with E-state index in [4.69, 9.17) is 0 Å². The van der Waals surface area contributed by atoms with Crippen molar-refractivity contribution in [2.24, 2.45) is 0 Å². The van der Waals surface area contributed by atoms with Gasteiger partial charge in [0.15, 0.2) is 0 Å². The molecule has 4 heteroatoms. The Bertz CT molecular complexity index is 681. The molecule has 2 aromatic rings. The average Bonchev–Trinajstić information content (AvgIpc) is 2.55. The molecule has 0 saturated carbocycles. The lowest BCUT2D eigenvalue weighted by Gasteiger charge is -2.17. The Hall–Kier alpha value is -2.36. The van der Waals surface area contributed by atoms with Gasteiger partial charge in [0.05, 0.1) is 6.54 Å². The molecular formula is C20H25FN2O. The van der Waals surface area contributed by atoms with Gasteiger partial charge in [-0.15, -0.1) is 0 Å². The van der Waals surface area contributed by atoms with Crippen LogP contribution in [0.3, 0.4) is 0 Å². The Morgan fingerprint density at radius 1 is 1.12 bits per heavy atom. The van der Waals surface area contributed by atoms with Gasteiger partial charge in [0.25, 0.3) is 0 Å². The van der Waals surface area contributed by atoms with Crippen molar-refractivity contribution in [2.75, 3.05) is 18.4 Å². The first-order chi connectivity index (χ1) is 11.5. The first-order valence-corrected chi connectivity index (χ1v) is 8.32. The number of aryl methyl sites for hydroxylation is 1. The number of hydrogen-bond donors (Lipinski definition) is 2. The first kappa shape index (κ1) is 18.0. The van der Waals surface area contributed by atoms with Crippen molar-refractivity contribution < 1.29 is 9.18 Å². The summed E-state index contributed by atoms with van der Waals surface area (Å²) < 4.78 is 12.8. The van der Waals surface area contributed by atoms with Gasteiger partial charge in [-0.1, -0.05) is 44.2 Å². The molecule has 24 heavy (non-hydrogen) atoms. The molecule has 3 nitrogen and oxygen atoms in total. The summed E-state index contributed by atoms with van der Waals surface area (Å²) in [5.41, 5.74) is 4.40. The number of carbonyl (C=O) groups excluding carboxylic acids is 1. The van der Waals surface area contributed by atoms with Gasteiger partial charge in [-0.25, -0.2) is 4.39 Å². The third-order valence-corrected chi connectivity index (χ3v) is 4.00. The highest BCUT2D eigenvalue weighted by atomic mass is 19.1. The van der Waals surface area contributed by atoms with Gasteiger partial charge < -0.3 is 10.6 Å². The Kier molecular flexibility index (Phi) is 6.36. The van der Waals surface area contributed by atoms with Gasteiger partial charge in [-0.3, -0.25) is 4.79 Å². The number of benzene rings is 2. The Morgan fingerprint density at radius 2 is 1.83 bits per heavy atom. The lowest BCUT2D eigenvalue weighted by atomic mass is 9.98. The van der Waals surface area contributed by atoms with Gasteiger partial charge in [0.1, 0.15) is 5.82 Å². The Morgan fingerprint density at radius 3 is 2.50 bits per heavy atom. The maximum atomic E-state index is 12.8. The largest absolute Gasteiger partial charge is 0.376 e. The van der Waals surface area contributed by atoms with E-state index in [1.165, 1.54) is 17.7 Å². The van der Waals surface area contributed by atoms with E-state index >= 15 is 0 Å². The highest BCUT2D eigenvalue weighted by Gasteiger charge is 2.10. The summed E-state index contributed by atoms with van der Waals surface area (Å²) in [7, 11) is 0. The van der Waals surface area contributed by atoms with Crippen molar-refractivity contribution in [3.63, 3.8) is 0 Å². The molecule has 0 heterocycles. The van der Waals surface area contributed by atoms with Crippen LogP contribution < -0.4 is 10.6 Å². The van der Waals surface area contributed by atoms with E-state index in [2.05, 4.69) is 30.5 Å². The van der Waals surface area contributed by atoms with Crippen molar-refractivity contribution in [3.8, 4) is 0 Å². The molecule has 2 N–H and O–H groups in total. The fraction of sp³-hybridized carbons (Fsp3) is 0.350. The summed E-state index contributed by atoms with van der Waals surface area (Å²) in [6.07, 6.45) is 0.688. The Balaban J connectivity index is 1.82. The van der Waals surface area contributed by atoms with E-state index in [0.29, 0.717) is 18.9 Å². The molecule has 0 unspecified atom stereocenters. The SMILES string of the molecule is Cc1cccc(C(C)C)c1NCC(=O)NCCc1ccc(F)cc1. The number of hydrogen-bond acceptors (Lipinski definition) is 2. The lowest BCUT2D eigenvalue weighted by Crippen LogP contribution is -2.31. The van der Waals surface area contributed by atoms with Crippen molar-refractivity contribution in [2.45, 2.75) is 33.1 Å². The number of carbonyl (C=O) groups is 1. The molecule has 0 aliphatic heterocycles. The van der Waals surface area contributed by atoms with Crippen molar-refractivity contribution in [3.05, 3.63) is 65.0 Å². The number of halogens is 1. The smallest absolute Gasteiger partial charge is 0.239 e. The van der Waals surface area contributed by atoms with Crippen LogP contribution in [0.25, 0.3) is 0 Å². The maximum absolute atomic E-state index is 12.8. The summed E-state index contributed by atoms with van der Waals surface area (Å²) >= 11 is 0. The van der Waals surface area contributed by atoms with Crippen LogP contribution in [0, 0.1) is 12.7 Å². The van der Waals surface area contributed by atoms with E-state index < -0.39 is 0 Å². The summed E-state index contributed by atoms with van der Waals surface area (Å²) in [6.45, 7) is 7.11. The van der Waals surface area contributed by atoms with Gasteiger partial charge in [0.2, 0.25) is 5.91 Å². The van der Waals surface area contributed by atoms with E-state index in [-0.39, 0.29) is 18.3 Å². The zero-order valence-electron chi connectivity index (χ0n) is 14.5. The summed E-state index contributed by atoms with van der Waals surface area (Å²) in [6, 6.07) is 12.5. The first-order valence-electron chi connectivity index (χ1n) is 8.32. The van der Waals surface area contributed by atoms with Crippen molar-refractivity contribution >= 4 is 11.6 Å². The Labute approximate surface area is 143 Å². The van der Waals surface area contributed by atoms with E-state index in [0.717, 1.165) is 16.8 Å². The van der Waals surface area contributed by atoms with Crippen LogP contribution in [0.1, 0.15) is 36.5 Å². The number of nitrogens with one attached hydrogen (secondary N) is 2. The normalized spacial score (nSPS) is 10.7. The molecule has 0 aromatic heterocycles. The van der Waals surface area contributed by atoms with E-state index in [1.807, 2.05) is 19.1 Å². The second-order valence-electron chi connectivity index (χ2n) is 6.27. The van der Waals surface area contributed by atoms with Gasteiger partial charge in [0, 0.05) is 12.2 Å². The molecule has 2 aromatic carbocycles. The third-order valence-electron chi connectivity index (χ3n) is 4.00. The van der Waals surface area contributed by atoms with E-state index in [9.17, 15) is 9.18 Å². The molecule has 0 radical (unpaired) electrons. The second kappa shape index (κ2) is 8.48. The maximum Gasteiger partial charge on any atom is 0.239 e.